The number of hydrogen-bond donors (Lipinski definition) is 0. The van der Waals surface area contributed by atoms with Crippen molar-refractivity contribution in [1.82, 2.24) is 9.80 Å². The van der Waals surface area contributed by atoms with E-state index in [0.29, 0.717) is 0 Å². The molecule has 22 heavy (non-hydrogen) atoms. The molecule has 1 saturated carbocycles. The maximum Gasteiger partial charge on any atom is 0.0130 e. The molecule has 0 spiro atoms. The number of likely N-dealkylation sites (tertiary alicyclic amines) is 2. The summed E-state index contributed by atoms with van der Waals surface area (Å²) in [6.45, 7) is 14.8. The van der Waals surface area contributed by atoms with Gasteiger partial charge in [-0.3, -0.25) is 4.90 Å². The molecule has 2 heteroatoms. The van der Waals surface area contributed by atoms with E-state index >= 15 is 0 Å². The molecule has 128 valence electrons. The minimum absolute atomic E-state index is 0.749. The third-order valence-electron chi connectivity index (χ3n) is 6.59. The molecule has 0 aromatic heterocycles. The number of fused-ring (bicyclic) bond motifs is 1. The van der Waals surface area contributed by atoms with E-state index in [9.17, 15) is 0 Å². The maximum atomic E-state index is 2.80. The van der Waals surface area contributed by atoms with Crippen molar-refractivity contribution in [1.29, 1.82) is 0 Å². The van der Waals surface area contributed by atoms with Gasteiger partial charge in [-0.1, -0.05) is 20.3 Å². The summed E-state index contributed by atoms with van der Waals surface area (Å²) in [6, 6.07) is 1.72. The first-order valence-corrected chi connectivity index (χ1v) is 10.0. The van der Waals surface area contributed by atoms with Crippen LogP contribution in [-0.4, -0.2) is 48.1 Å². The van der Waals surface area contributed by atoms with Gasteiger partial charge < -0.3 is 4.90 Å². The lowest BCUT2D eigenvalue weighted by atomic mass is 9.84. The van der Waals surface area contributed by atoms with Gasteiger partial charge in [0.15, 0.2) is 0 Å². The molecule has 3 aliphatic rings. The molecule has 3 unspecified atom stereocenters. The summed E-state index contributed by atoms with van der Waals surface area (Å²) in [5.74, 6) is 4.00. The Bertz CT molecular complexity index is 344. The highest BCUT2D eigenvalue weighted by Crippen LogP contribution is 2.49. The average molecular weight is 307 g/mol. The zero-order valence-electron chi connectivity index (χ0n) is 15.4. The van der Waals surface area contributed by atoms with Gasteiger partial charge in [0.2, 0.25) is 0 Å². The molecule has 0 radical (unpaired) electrons. The van der Waals surface area contributed by atoms with Crippen LogP contribution in [0, 0.1) is 23.7 Å². The van der Waals surface area contributed by atoms with E-state index in [1.54, 1.807) is 0 Å². The highest BCUT2D eigenvalue weighted by Gasteiger charge is 2.49. The predicted octanol–water partition coefficient (Wildman–Crippen LogP) is 4.25. The third-order valence-corrected chi connectivity index (χ3v) is 6.59. The van der Waals surface area contributed by atoms with Crippen LogP contribution in [0.15, 0.2) is 0 Å². The Balaban J connectivity index is 1.36. The standard InChI is InChI=1S/C20H38N2/c1-15(2)14-22-12-9-18(19-13-20(19)22)6-5-17-7-10-21(11-8-17)16(3)4/h15-20H,5-14H2,1-4H3. The minimum Gasteiger partial charge on any atom is -0.301 e. The highest BCUT2D eigenvalue weighted by atomic mass is 15.2. The van der Waals surface area contributed by atoms with Crippen LogP contribution in [0.3, 0.4) is 0 Å². The molecule has 2 nitrogen and oxygen atoms in total. The molecule has 2 saturated heterocycles. The summed E-state index contributed by atoms with van der Waals surface area (Å²) in [7, 11) is 0. The van der Waals surface area contributed by atoms with Crippen LogP contribution in [0.5, 0.6) is 0 Å². The molecule has 0 amide bonds. The molecule has 0 aromatic carbocycles. The molecule has 0 aromatic rings. The van der Waals surface area contributed by atoms with Gasteiger partial charge >= 0.3 is 0 Å². The van der Waals surface area contributed by atoms with E-state index in [2.05, 4.69) is 37.5 Å². The second kappa shape index (κ2) is 7.21. The number of nitrogens with zero attached hydrogens (tertiary/aromatic N) is 2. The van der Waals surface area contributed by atoms with E-state index in [-0.39, 0.29) is 0 Å². The van der Waals surface area contributed by atoms with E-state index in [4.69, 9.17) is 0 Å². The molecule has 2 aliphatic heterocycles. The molecule has 3 rings (SSSR count). The monoisotopic (exact) mass is 306 g/mol. The average Bonchev–Trinajstić information content (AvgIpc) is 3.27. The molecule has 2 heterocycles. The molecule has 1 aliphatic carbocycles. The highest BCUT2D eigenvalue weighted by molar-refractivity contribution is 5.02. The fourth-order valence-electron chi connectivity index (χ4n) is 5.10. The number of rotatable bonds is 6. The van der Waals surface area contributed by atoms with Crippen molar-refractivity contribution in [2.75, 3.05) is 26.2 Å². The minimum atomic E-state index is 0.749. The summed E-state index contributed by atoms with van der Waals surface area (Å²) in [5.41, 5.74) is 0. The second-order valence-electron chi connectivity index (χ2n) is 9.05. The first-order chi connectivity index (χ1) is 10.5. The largest absolute Gasteiger partial charge is 0.301 e. The lowest BCUT2D eigenvalue weighted by molar-refractivity contribution is 0.127. The van der Waals surface area contributed by atoms with Crippen molar-refractivity contribution >= 4 is 0 Å². The molecule has 0 N–H and O–H groups in total. The van der Waals surface area contributed by atoms with Crippen LogP contribution in [0.4, 0.5) is 0 Å². The van der Waals surface area contributed by atoms with Gasteiger partial charge in [-0.2, -0.15) is 0 Å². The maximum absolute atomic E-state index is 2.80. The smallest absolute Gasteiger partial charge is 0.0130 e. The van der Waals surface area contributed by atoms with Crippen molar-refractivity contribution in [2.45, 2.75) is 78.3 Å². The van der Waals surface area contributed by atoms with Crippen molar-refractivity contribution in [3.05, 3.63) is 0 Å². The van der Waals surface area contributed by atoms with Crippen LogP contribution >= 0.6 is 0 Å². The van der Waals surface area contributed by atoms with Gasteiger partial charge in [-0.05, 0) is 89.3 Å². The second-order valence-corrected chi connectivity index (χ2v) is 9.05. The fourth-order valence-corrected chi connectivity index (χ4v) is 5.10. The number of hydrogen-bond acceptors (Lipinski definition) is 2. The SMILES string of the molecule is CC(C)CN1CCC(CCC2CCN(C(C)C)CC2)C2CC21. The van der Waals surface area contributed by atoms with Crippen molar-refractivity contribution in [3.63, 3.8) is 0 Å². The summed E-state index contributed by atoms with van der Waals surface area (Å²) in [5, 5.41) is 0. The summed E-state index contributed by atoms with van der Waals surface area (Å²) in [4.78, 5) is 5.46. The lowest BCUT2D eigenvalue weighted by Gasteiger charge is -2.36. The predicted molar refractivity (Wildman–Crippen MR) is 95.1 cm³/mol. The van der Waals surface area contributed by atoms with E-state index in [1.807, 2.05) is 0 Å². The molecular formula is C20H38N2. The quantitative estimate of drug-likeness (QED) is 0.723. The summed E-state index contributed by atoms with van der Waals surface area (Å²) < 4.78 is 0. The Labute approximate surface area is 138 Å². The lowest BCUT2D eigenvalue weighted by Crippen LogP contribution is -2.39. The van der Waals surface area contributed by atoms with E-state index in [1.165, 1.54) is 64.7 Å². The molecule has 3 fully saturated rings. The van der Waals surface area contributed by atoms with Crippen LogP contribution in [0.1, 0.15) is 66.2 Å². The zero-order valence-corrected chi connectivity index (χ0v) is 15.4. The van der Waals surface area contributed by atoms with Crippen LogP contribution in [0.25, 0.3) is 0 Å². The topological polar surface area (TPSA) is 6.48 Å². The van der Waals surface area contributed by atoms with Gasteiger partial charge in [0.25, 0.3) is 0 Å². The van der Waals surface area contributed by atoms with Gasteiger partial charge in [-0.25, -0.2) is 0 Å². The Hall–Kier alpha value is -0.0800. The Morgan fingerprint density at radius 1 is 0.909 bits per heavy atom. The summed E-state index contributed by atoms with van der Waals surface area (Å²) in [6.07, 6.45) is 8.96. The first kappa shape index (κ1) is 16.8. The number of piperidine rings is 2. The van der Waals surface area contributed by atoms with Gasteiger partial charge in [-0.15, -0.1) is 0 Å². The van der Waals surface area contributed by atoms with E-state index < -0.39 is 0 Å². The summed E-state index contributed by atoms with van der Waals surface area (Å²) >= 11 is 0. The zero-order chi connectivity index (χ0) is 15.7. The Kier molecular flexibility index (Phi) is 5.50. The van der Waals surface area contributed by atoms with Crippen molar-refractivity contribution in [3.8, 4) is 0 Å². The van der Waals surface area contributed by atoms with Gasteiger partial charge in [0.1, 0.15) is 0 Å². The van der Waals surface area contributed by atoms with Crippen LogP contribution < -0.4 is 0 Å². The first-order valence-electron chi connectivity index (χ1n) is 10.0. The fraction of sp³-hybridized carbons (Fsp3) is 1.00. The van der Waals surface area contributed by atoms with Crippen LogP contribution in [0.2, 0.25) is 0 Å². The third kappa shape index (κ3) is 4.06. The Morgan fingerprint density at radius 2 is 1.64 bits per heavy atom. The van der Waals surface area contributed by atoms with Gasteiger partial charge in [0, 0.05) is 18.6 Å². The molecule has 3 atom stereocenters. The van der Waals surface area contributed by atoms with E-state index in [0.717, 1.165) is 35.8 Å². The van der Waals surface area contributed by atoms with Crippen molar-refractivity contribution in [2.24, 2.45) is 23.7 Å². The van der Waals surface area contributed by atoms with Crippen LogP contribution in [-0.2, 0) is 0 Å². The van der Waals surface area contributed by atoms with Crippen molar-refractivity contribution < 1.29 is 0 Å². The molecular weight excluding hydrogens is 268 g/mol. The molecule has 0 bridgehead atoms. The normalized spacial score (nSPS) is 34.4. The van der Waals surface area contributed by atoms with Gasteiger partial charge in [0.05, 0.1) is 0 Å². The Morgan fingerprint density at radius 3 is 2.27 bits per heavy atom.